The lowest BCUT2D eigenvalue weighted by Crippen LogP contribution is -2.51. The molecule has 0 bridgehead atoms. The highest BCUT2D eigenvalue weighted by Crippen LogP contribution is 2.21. The number of carbonyl (C=O) groups is 1. The SMILES string of the molecule is CCCC1(C(=O)OC)C=CN(C)N1. The molecule has 0 aliphatic carbocycles. The minimum absolute atomic E-state index is 0.227. The molecule has 0 saturated carbocycles. The zero-order valence-electron chi connectivity index (χ0n) is 8.33. The molecule has 0 radical (unpaired) electrons. The van der Waals surface area contributed by atoms with Gasteiger partial charge in [0, 0.05) is 13.2 Å². The first kappa shape index (κ1) is 10.1. The summed E-state index contributed by atoms with van der Waals surface area (Å²) in [6, 6.07) is 0. The average molecular weight is 184 g/mol. The van der Waals surface area contributed by atoms with E-state index in [-0.39, 0.29) is 5.97 Å². The first-order chi connectivity index (χ1) is 6.14. The lowest BCUT2D eigenvalue weighted by Gasteiger charge is -2.26. The van der Waals surface area contributed by atoms with Crippen LogP contribution in [0.25, 0.3) is 0 Å². The smallest absolute Gasteiger partial charge is 0.331 e. The fraction of sp³-hybridized carbons (Fsp3) is 0.667. The van der Waals surface area contributed by atoms with E-state index < -0.39 is 5.54 Å². The van der Waals surface area contributed by atoms with E-state index in [9.17, 15) is 4.79 Å². The maximum absolute atomic E-state index is 11.5. The Morgan fingerprint density at radius 3 is 2.77 bits per heavy atom. The number of esters is 1. The van der Waals surface area contributed by atoms with Crippen LogP contribution in [0, 0.1) is 0 Å². The molecule has 1 aliphatic heterocycles. The Hall–Kier alpha value is -1.03. The van der Waals surface area contributed by atoms with Gasteiger partial charge in [0.25, 0.3) is 0 Å². The van der Waals surface area contributed by atoms with Crippen molar-refractivity contribution in [2.75, 3.05) is 14.2 Å². The maximum atomic E-state index is 11.5. The van der Waals surface area contributed by atoms with E-state index in [1.807, 2.05) is 26.2 Å². The van der Waals surface area contributed by atoms with Gasteiger partial charge in [-0.1, -0.05) is 13.3 Å². The molecule has 0 aromatic rings. The summed E-state index contributed by atoms with van der Waals surface area (Å²) in [4.78, 5) is 11.5. The number of hydrogen-bond donors (Lipinski definition) is 1. The molecule has 0 aromatic heterocycles. The lowest BCUT2D eigenvalue weighted by atomic mass is 9.95. The molecule has 13 heavy (non-hydrogen) atoms. The van der Waals surface area contributed by atoms with Crippen LogP contribution < -0.4 is 5.43 Å². The van der Waals surface area contributed by atoms with Crippen LogP contribution in [0.5, 0.6) is 0 Å². The summed E-state index contributed by atoms with van der Waals surface area (Å²) in [5.74, 6) is -0.227. The lowest BCUT2D eigenvalue weighted by molar-refractivity contribution is -0.147. The van der Waals surface area contributed by atoms with Crippen LogP contribution in [0.4, 0.5) is 0 Å². The van der Waals surface area contributed by atoms with Crippen LogP contribution >= 0.6 is 0 Å². The number of hydrogen-bond acceptors (Lipinski definition) is 4. The third-order valence-electron chi connectivity index (χ3n) is 2.15. The predicted molar refractivity (Wildman–Crippen MR) is 49.7 cm³/mol. The van der Waals surface area contributed by atoms with Crippen molar-refractivity contribution in [3.05, 3.63) is 12.3 Å². The predicted octanol–water partition coefficient (Wildman–Crippen LogP) is 0.662. The highest BCUT2D eigenvalue weighted by molar-refractivity contribution is 5.83. The van der Waals surface area contributed by atoms with E-state index in [0.717, 1.165) is 12.8 Å². The Bertz CT molecular complexity index is 228. The van der Waals surface area contributed by atoms with Crippen LogP contribution in [0.3, 0.4) is 0 Å². The number of hydrazine groups is 1. The molecule has 0 fully saturated rings. The molecule has 1 N–H and O–H groups in total. The van der Waals surface area contributed by atoms with Crippen LogP contribution in [0.2, 0.25) is 0 Å². The molecule has 1 unspecified atom stereocenters. The van der Waals surface area contributed by atoms with Gasteiger partial charge in [-0.3, -0.25) is 0 Å². The molecule has 4 heteroatoms. The summed E-state index contributed by atoms with van der Waals surface area (Å²) in [7, 11) is 3.27. The van der Waals surface area contributed by atoms with Crippen molar-refractivity contribution in [1.29, 1.82) is 0 Å². The van der Waals surface area contributed by atoms with Gasteiger partial charge in [-0.25, -0.2) is 10.2 Å². The quantitative estimate of drug-likeness (QED) is 0.654. The van der Waals surface area contributed by atoms with Crippen molar-refractivity contribution in [2.45, 2.75) is 25.3 Å². The van der Waals surface area contributed by atoms with Crippen molar-refractivity contribution in [3.63, 3.8) is 0 Å². The Labute approximate surface area is 78.5 Å². The van der Waals surface area contributed by atoms with Crippen LogP contribution in [0.1, 0.15) is 19.8 Å². The van der Waals surface area contributed by atoms with E-state index in [4.69, 9.17) is 4.74 Å². The molecule has 0 aromatic carbocycles. The monoisotopic (exact) mass is 184 g/mol. The van der Waals surface area contributed by atoms with Gasteiger partial charge < -0.3 is 9.75 Å². The summed E-state index contributed by atoms with van der Waals surface area (Å²) in [6.45, 7) is 2.04. The largest absolute Gasteiger partial charge is 0.467 e. The number of methoxy groups -OCH3 is 1. The van der Waals surface area contributed by atoms with Gasteiger partial charge in [-0.15, -0.1) is 0 Å². The minimum atomic E-state index is -0.641. The van der Waals surface area contributed by atoms with E-state index in [1.54, 1.807) is 5.01 Å². The second-order valence-electron chi connectivity index (χ2n) is 3.25. The Morgan fingerprint density at radius 2 is 2.38 bits per heavy atom. The van der Waals surface area contributed by atoms with Crippen LogP contribution in [-0.2, 0) is 9.53 Å². The van der Waals surface area contributed by atoms with Crippen molar-refractivity contribution in [2.24, 2.45) is 0 Å². The topological polar surface area (TPSA) is 41.6 Å². The normalized spacial score (nSPS) is 26.5. The molecule has 0 spiro atoms. The van der Waals surface area contributed by atoms with Gasteiger partial charge in [0.15, 0.2) is 5.54 Å². The minimum Gasteiger partial charge on any atom is -0.467 e. The zero-order chi connectivity index (χ0) is 9.90. The van der Waals surface area contributed by atoms with Gasteiger partial charge in [0.1, 0.15) is 0 Å². The Kier molecular flexibility index (Phi) is 2.93. The second kappa shape index (κ2) is 3.79. The number of ether oxygens (including phenoxy) is 1. The zero-order valence-corrected chi connectivity index (χ0v) is 8.33. The standard InChI is InChI=1S/C9H16N2O2/c1-4-5-9(8(12)13-3)6-7-11(2)10-9/h6-7,10H,4-5H2,1-3H3. The Morgan fingerprint density at radius 1 is 1.69 bits per heavy atom. The summed E-state index contributed by atoms with van der Waals surface area (Å²) in [5.41, 5.74) is 2.43. The first-order valence-electron chi connectivity index (χ1n) is 4.43. The molecule has 1 heterocycles. The summed E-state index contributed by atoms with van der Waals surface area (Å²) < 4.78 is 4.76. The molecule has 1 aliphatic rings. The number of rotatable bonds is 3. The summed E-state index contributed by atoms with van der Waals surface area (Å²) in [5, 5.41) is 1.77. The fourth-order valence-corrected chi connectivity index (χ4v) is 1.56. The van der Waals surface area contributed by atoms with Crippen molar-refractivity contribution >= 4 is 5.97 Å². The highest BCUT2D eigenvalue weighted by atomic mass is 16.5. The van der Waals surface area contributed by atoms with Crippen LogP contribution in [-0.4, -0.2) is 30.7 Å². The van der Waals surface area contributed by atoms with Crippen molar-refractivity contribution < 1.29 is 9.53 Å². The second-order valence-corrected chi connectivity index (χ2v) is 3.25. The maximum Gasteiger partial charge on any atom is 0.331 e. The van der Waals surface area contributed by atoms with E-state index >= 15 is 0 Å². The van der Waals surface area contributed by atoms with E-state index in [0.29, 0.717) is 0 Å². The molecule has 74 valence electrons. The first-order valence-corrected chi connectivity index (χ1v) is 4.43. The molecule has 1 atom stereocenters. The van der Waals surface area contributed by atoms with Crippen LogP contribution in [0.15, 0.2) is 12.3 Å². The average Bonchev–Trinajstić information content (AvgIpc) is 2.48. The fourth-order valence-electron chi connectivity index (χ4n) is 1.56. The van der Waals surface area contributed by atoms with Gasteiger partial charge in [-0.05, 0) is 12.5 Å². The van der Waals surface area contributed by atoms with E-state index in [1.165, 1.54) is 7.11 Å². The number of nitrogens with one attached hydrogen (secondary N) is 1. The molecule has 1 rings (SSSR count). The third-order valence-corrected chi connectivity index (χ3v) is 2.15. The number of nitrogens with zero attached hydrogens (tertiary/aromatic N) is 1. The molecular weight excluding hydrogens is 168 g/mol. The van der Waals surface area contributed by atoms with Crippen molar-refractivity contribution in [3.8, 4) is 0 Å². The molecule has 0 saturated heterocycles. The number of carbonyl (C=O) groups excluding carboxylic acids is 1. The van der Waals surface area contributed by atoms with Crippen molar-refractivity contribution in [1.82, 2.24) is 10.4 Å². The Balaban J connectivity index is 2.77. The molecular formula is C9H16N2O2. The highest BCUT2D eigenvalue weighted by Gasteiger charge is 2.39. The molecule has 0 amide bonds. The van der Waals surface area contributed by atoms with Gasteiger partial charge in [0.05, 0.1) is 7.11 Å². The van der Waals surface area contributed by atoms with Gasteiger partial charge in [-0.2, -0.15) is 0 Å². The summed E-state index contributed by atoms with van der Waals surface area (Å²) in [6.07, 6.45) is 5.37. The molecule has 4 nitrogen and oxygen atoms in total. The summed E-state index contributed by atoms with van der Waals surface area (Å²) >= 11 is 0. The van der Waals surface area contributed by atoms with E-state index in [2.05, 4.69) is 5.43 Å². The van der Waals surface area contributed by atoms with Gasteiger partial charge in [0.2, 0.25) is 0 Å². The third kappa shape index (κ3) is 1.83. The van der Waals surface area contributed by atoms with Gasteiger partial charge >= 0.3 is 5.97 Å².